The van der Waals surface area contributed by atoms with Crippen molar-refractivity contribution in [3.8, 4) is 44.5 Å². The van der Waals surface area contributed by atoms with Crippen LogP contribution in [0.3, 0.4) is 0 Å². The lowest BCUT2D eigenvalue weighted by molar-refractivity contribution is -0.00518. The smallest absolute Gasteiger partial charge is 0.137 e. The molecular weight excluding hydrogens is 971 g/mol. The van der Waals surface area contributed by atoms with Crippen LogP contribution in [0.5, 0.6) is 0 Å². The van der Waals surface area contributed by atoms with Gasteiger partial charge >= 0.3 is 0 Å². The molecule has 4 fully saturated rings. The van der Waals surface area contributed by atoms with E-state index in [4.69, 9.17) is 8.83 Å². The standard InChI is InChI=1S/C77H57NO2/c1-3-14-52(15-4-1)55-18-11-19-59(43-55)77(67-23-9-7-20-63(67)64-21-8-10-24-68(64)77)58-33-35-60(36-34-58)78(61-37-39-71-66(45-61)74-62(22-12-26-72(74)79-71)54-16-5-2-6-17-54)69-25-13-27-73-75(69)65-44-56(30-38-70(65)80-73)53-28-31-57(32-29-53)76-46-49-40-50(47-76)42-51(41-49)48-76/h1-39,43-45,49-51H,40-42,46-48H2. The summed E-state index contributed by atoms with van der Waals surface area (Å²) in [5.74, 6) is 2.75. The molecule has 0 atom stereocenters. The van der Waals surface area contributed by atoms with E-state index in [2.05, 4.69) is 260 Å². The molecule has 3 heteroatoms. The van der Waals surface area contributed by atoms with Gasteiger partial charge in [-0.15, -0.1) is 0 Å². The first-order chi connectivity index (χ1) is 39.5. The van der Waals surface area contributed by atoms with Crippen LogP contribution < -0.4 is 4.90 Å². The molecule has 5 aliphatic rings. The molecule has 11 aromatic carbocycles. The topological polar surface area (TPSA) is 29.5 Å². The van der Waals surface area contributed by atoms with Crippen molar-refractivity contribution in [1.29, 1.82) is 0 Å². The van der Waals surface area contributed by atoms with Crippen molar-refractivity contribution in [1.82, 2.24) is 0 Å². The average Bonchev–Trinajstić information content (AvgIpc) is 4.34. The summed E-state index contributed by atoms with van der Waals surface area (Å²) in [5.41, 5.74) is 22.6. The second kappa shape index (κ2) is 17.7. The fourth-order valence-corrected chi connectivity index (χ4v) is 16.3. The minimum Gasteiger partial charge on any atom is -0.456 e. The number of hydrogen-bond donors (Lipinski definition) is 0. The summed E-state index contributed by atoms with van der Waals surface area (Å²) < 4.78 is 13.5. The molecular formula is C77H57NO2. The Morgan fingerprint density at radius 2 is 0.825 bits per heavy atom. The predicted molar refractivity (Wildman–Crippen MR) is 329 cm³/mol. The summed E-state index contributed by atoms with van der Waals surface area (Å²) in [6, 6.07) is 94.3. The second-order valence-electron chi connectivity index (χ2n) is 23.7. The summed E-state index contributed by atoms with van der Waals surface area (Å²) in [4.78, 5) is 2.44. The van der Waals surface area contributed by atoms with Crippen LogP contribution in [0.2, 0.25) is 0 Å². The van der Waals surface area contributed by atoms with Gasteiger partial charge in [-0.05, 0) is 201 Å². The van der Waals surface area contributed by atoms with Gasteiger partial charge in [0, 0.05) is 27.5 Å². The highest BCUT2D eigenvalue weighted by molar-refractivity contribution is 6.16. The van der Waals surface area contributed by atoms with E-state index in [-0.39, 0.29) is 0 Å². The zero-order valence-corrected chi connectivity index (χ0v) is 44.5. The molecule has 0 saturated heterocycles. The van der Waals surface area contributed by atoms with Gasteiger partial charge in [-0.25, -0.2) is 0 Å². The lowest BCUT2D eigenvalue weighted by Crippen LogP contribution is -2.48. The first-order valence-corrected chi connectivity index (χ1v) is 28.9. The number of benzene rings is 11. The number of hydrogen-bond acceptors (Lipinski definition) is 3. The van der Waals surface area contributed by atoms with Crippen molar-refractivity contribution in [3.05, 3.63) is 283 Å². The molecule has 0 unspecified atom stereocenters. The van der Waals surface area contributed by atoms with E-state index in [1.165, 1.54) is 94.2 Å². The van der Waals surface area contributed by atoms with Gasteiger partial charge in [-0.1, -0.05) is 188 Å². The highest BCUT2D eigenvalue weighted by Crippen LogP contribution is 2.61. The monoisotopic (exact) mass is 1030 g/mol. The molecule has 4 saturated carbocycles. The second-order valence-corrected chi connectivity index (χ2v) is 23.7. The Morgan fingerprint density at radius 3 is 1.51 bits per heavy atom. The Labute approximate surface area is 466 Å². The van der Waals surface area contributed by atoms with Gasteiger partial charge in [0.15, 0.2) is 0 Å². The molecule has 18 rings (SSSR count). The lowest BCUT2D eigenvalue weighted by atomic mass is 9.48. The van der Waals surface area contributed by atoms with Crippen molar-refractivity contribution in [2.75, 3.05) is 4.90 Å². The maximum atomic E-state index is 6.86. The highest BCUT2D eigenvalue weighted by atomic mass is 16.3. The van der Waals surface area contributed by atoms with E-state index in [0.717, 1.165) is 89.8 Å². The largest absolute Gasteiger partial charge is 0.456 e. The molecule has 0 spiro atoms. The van der Waals surface area contributed by atoms with E-state index in [1.807, 2.05) is 0 Å². The van der Waals surface area contributed by atoms with Crippen molar-refractivity contribution in [2.24, 2.45) is 17.8 Å². The molecule has 13 aromatic rings. The SMILES string of the molecule is c1ccc(-c2cccc(C3(c4ccc(N(c5ccc6oc7cccc(-c8ccccc8)c7c6c5)c5cccc6oc7ccc(-c8ccc(C9%10CC%11CC(CC(C%11)C9)C%10)cc8)cc7c56)cc4)c4ccccc4-c4ccccc43)c2)cc1. The van der Waals surface area contributed by atoms with Gasteiger partial charge in [-0.2, -0.15) is 0 Å². The Morgan fingerprint density at radius 1 is 0.325 bits per heavy atom. The molecule has 4 bridgehead atoms. The van der Waals surface area contributed by atoms with Crippen LogP contribution >= 0.6 is 0 Å². The predicted octanol–water partition coefficient (Wildman–Crippen LogP) is 20.8. The average molecular weight is 1030 g/mol. The van der Waals surface area contributed by atoms with Crippen LogP contribution in [0.25, 0.3) is 88.4 Å². The van der Waals surface area contributed by atoms with E-state index in [9.17, 15) is 0 Å². The zero-order valence-electron chi connectivity index (χ0n) is 44.5. The van der Waals surface area contributed by atoms with Crippen molar-refractivity contribution in [2.45, 2.75) is 49.4 Å². The van der Waals surface area contributed by atoms with Crippen LogP contribution in [-0.2, 0) is 10.8 Å². The van der Waals surface area contributed by atoms with Crippen molar-refractivity contribution >= 4 is 60.9 Å². The molecule has 0 radical (unpaired) electrons. The third-order valence-electron chi connectivity index (χ3n) is 19.3. The fraction of sp³-hybridized carbons (Fsp3) is 0.143. The Hall–Kier alpha value is -9.18. The number of nitrogens with zero attached hydrogens (tertiary/aromatic N) is 1. The Kier molecular flexibility index (Phi) is 10.1. The first-order valence-electron chi connectivity index (χ1n) is 28.9. The number of furan rings is 2. The molecule has 382 valence electrons. The number of rotatable bonds is 9. The van der Waals surface area contributed by atoms with Gasteiger partial charge in [0.25, 0.3) is 0 Å². The molecule has 0 aliphatic heterocycles. The third kappa shape index (κ3) is 6.92. The molecule has 0 N–H and O–H groups in total. The highest BCUT2D eigenvalue weighted by Gasteiger charge is 2.51. The molecule has 5 aliphatic carbocycles. The summed E-state index contributed by atoms with van der Waals surface area (Å²) in [7, 11) is 0. The maximum absolute atomic E-state index is 6.86. The van der Waals surface area contributed by atoms with E-state index in [1.54, 1.807) is 5.56 Å². The van der Waals surface area contributed by atoms with Gasteiger partial charge in [0.1, 0.15) is 22.3 Å². The summed E-state index contributed by atoms with van der Waals surface area (Å²) in [6.07, 6.45) is 8.49. The van der Waals surface area contributed by atoms with E-state index >= 15 is 0 Å². The van der Waals surface area contributed by atoms with Gasteiger partial charge in [-0.3, -0.25) is 0 Å². The zero-order chi connectivity index (χ0) is 52.5. The fourth-order valence-electron chi connectivity index (χ4n) is 16.3. The summed E-state index contributed by atoms with van der Waals surface area (Å²) in [5, 5.41) is 4.35. The van der Waals surface area contributed by atoms with Crippen LogP contribution in [0, 0.1) is 17.8 Å². The van der Waals surface area contributed by atoms with Gasteiger partial charge in [0.05, 0.1) is 16.5 Å². The van der Waals surface area contributed by atoms with Gasteiger partial charge < -0.3 is 13.7 Å². The van der Waals surface area contributed by atoms with Crippen molar-refractivity contribution < 1.29 is 8.83 Å². The molecule has 2 heterocycles. The Balaban J connectivity index is 0.852. The first kappa shape index (κ1) is 45.8. The van der Waals surface area contributed by atoms with Crippen molar-refractivity contribution in [3.63, 3.8) is 0 Å². The minimum atomic E-state index is -0.589. The third-order valence-corrected chi connectivity index (χ3v) is 19.3. The molecule has 3 nitrogen and oxygen atoms in total. The summed E-state index contributed by atoms with van der Waals surface area (Å²) >= 11 is 0. The van der Waals surface area contributed by atoms with Crippen LogP contribution in [0.15, 0.2) is 264 Å². The quantitative estimate of drug-likeness (QED) is 0.144. The molecule has 80 heavy (non-hydrogen) atoms. The van der Waals surface area contributed by atoms with Crippen LogP contribution in [0.4, 0.5) is 17.1 Å². The lowest BCUT2D eigenvalue weighted by Gasteiger charge is -2.57. The van der Waals surface area contributed by atoms with E-state index < -0.39 is 5.41 Å². The normalized spacial score (nSPS) is 19.5. The summed E-state index contributed by atoms with van der Waals surface area (Å²) in [6.45, 7) is 0. The van der Waals surface area contributed by atoms with Crippen LogP contribution in [0.1, 0.15) is 66.3 Å². The van der Waals surface area contributed by atoms with E-state index in [0.29, 0.717) is 5.41 Å². The Bertz CT molecular complexity index is 4480. The van der Waals surface area contributed by atoms with Crippen LogP contribution in [-0.4, -0.2) is 0 Å². The minimum absolute atomic E-state index is 0.365. The maximum Gasteiger partial charge on any atom is 0.137 e. The molecule has 2 aromatic heterocycles. The number of anilines is 3. The number of fused-ring (bicyclic) bond motifs is 9. The van der Waals surface area contributed by atoms with Gasteiger partial charge in [0.2, 0.25) is 0 Å². The molecule has 0 amide bonds.